The smallest absolute Gasteiger partial charge is 0.233 e. The monoisotopic (exact) mass is 330 g/mol. The molecule has 0 radical (unpaired) electrons. The lowest BCUT2D eigenvalue weighted by Crippen LogP contribution is -2.44. The number of hydrogen-bond donors (Lipinski definition) is 1. The fourth-order valence-electron chi connectivity index (χ4n) is 3.58. The van der Waals surface area contributed by atoms with Crippen LogP contribution in [-0.2, 0) is 22.4 Å². The van der Waals surface area contributed by atoms with Crippen LogP contribution in [0.25, 0.3) is 0 Å². The van der Waals surface area contributed by atoms with Gasteiger partial charge >= 0.3 is 0 Å². The molecule has 0 saturated carbocycles. The molecule has 1 aliphatic heterocycles. The second-order valence-electron chi connectivity index (χ2n) is 6.53. The van der Waals surface area contributed by atoms with Crippen molar-refractivity contribution in [2.75, 3.05) is 11.9 Å². The summed E-state index contributed by atoms with van der Waals surface area (Å²) in [6, 6.07) is 6.40. The number of carbonyl (C=O) groups is 2. The van der Waals surface area contributed by atoms with Crippen LogP contribution in [-0.4, -0.2) is 29.3 Å². The molecule has 1 N–H and O–H groups in total. The first-order valence-electron chi connectivity index (χ1n) is 9.30. The zero-order valence-corrected chi connectivity index (χ0v) is 15.2. The van der Waals surface area contributed by atoms with Crippen molar-refractivity contribution in [3.8, 4) is 0 Å². The van der Waals surface area contributed by atoms with Gasteiger partial charge in [-0.25, -0.2) is 0 Å². The van der Waals surface area contributed by atoms with Gasteiger partial charge in [0.2, 0.25) is 11.8 Å². The average molecular weight is 330 g/mol. The molecule has 4 nitrogen and oxygen atoms in total. The average Bonchev–Trinajstić information content (AvgIpc) is 2.61. The second-order valence-corrected chi connectivity index (χ2v) is 6.53. The summed E-state index contributed by atoms with van der Waals surface area (Å²) in [5.41, 5.74) is 3.14. The first-order valence-corrected chi connectivity index (χ1v) is 9.30. The summed E-state index contributed by atoms with van der Waals surface area (Å²) in [5.74, 6) is -0.234. The van der Waals surface area contributed by atoms with E-state index in [4.69, 9.17) is 0 Å². The largest absolute Gasteiger partial charge is 0.339 e. The molecule has 1 aromatic carbocycles. The maximum Gasteiger partial charge on any atom is 0.233 e. The minimum Gasteiger partial charge on any atom is -0.339 e. The number of likely N-dealkylation sites (tertiary alicyclic amines) is 1. The zero-order valence-electron chi connectivity index (χ0n) is 15.2. The van der Waals surface area contributed by atoms with Gasteiger partial charge in [0.05, 0.1) is 0 Å². The van der Waals surface area contributed by atoms with Gasteiger partial charge in [-0.3, -0.25) is 9.59 Å². The maximum atomic E-state index is 12.5. The number of benzene rings is 1. The molecule has 2 rings (SSSR count). The first-order chi connectivity index (χ1) is 11.6. The van der Waals surface area contributed by atoms with E-state index in [2.05, 4.69) is 26.1 Å². The van der Waals surface area contributed by atoms with Gasteiger partial charge in [0.15, 0.2) is 0 Å². The van der Waals surface area contributed by atoms with Gasteiger partial charge in [0, 0.05) is 18.3 Å². The highest BCUT2D eigenvalue weighted by Gasteiger charge is 2.26. The molecule has 1 saturated heterocycles. The first kappa shape index (κ1) is 18.5. The summed E-state index contributed by atoms with van der Waals surface area (Å²) in [7, 11) is 0. The van der Waals surface area contributed by atoms with E-state index in [1.165, 1.54) is 6.42 Å². The zero-order chi connectivity index (χ0) is 17.5. The SMILES string of the molecule is CCc1cccc(CC)c1NC(=O)CC(=O)N1CCCCC1CC. The van der Waals surface area contributed by atoms with Crippen LogP contribution in [0.1, 0.15) is 64.0 Å². The molecule has 0 aliphatic carbocycles. The van der Waals surface area contributed by atoms with Crippen molar-refractivity contribution in [2.45, 2.75) is 71.8 Å². The number of piperidine rings is 1. The van der Waals surface area contributed by atoms with Gasteiger partial charge in [-0.15, -0.1) is 0 Å². The van der Waals surface area contributed by atoms with E-state index in [-0.39, 0.29) is 18.2 Å². The predicted molar refractivity (Wildman–Crippen MR) is 98.1 cm³/mol. The molecular weight excluding hydrogens is 300 g/mol. The Hall–Kier alpha value is -1.84. The second kappa shape index (κ2) is 8.86. The van der Waals surface area contributed by atoms with Gasteiger partial charge in [-0.2, -0.15) is 0 Å². The number of carbonyl (C=O) groups excluding carboxylic acids is 2. The van der Waals surface area contributed by atoms with E-state index in [0.717, 1.165) is 55.5 Å². The molecular formula is C20H30N2O2. The molecule has 1 aliphatic rings. The predicted octanol–water partition coefficient (Wildman–Crippen LogP) is 3.93. The van der Waals surface area contributed by atoms with Crippen LogP contribution in [0.3, 0.4) is 0 Å². The summed E-state index contributed by atoms with van der Waals surface area (Å²) in [6.07, 6.45) is 5.91. The molecule has 0 bridgehead atoms. The fraction of sp³-hybridized carbons (Fsp3) is 0.600. The number of aryl methyl sites for hydroxylation is 2. The number of anilines is 1. The minimum atomic E-state index is -0.198. The normalized spacial score (nSPS) is 17.6. The van der Waals surface area contributed by atoms with E-state index < -0.39 is 0 Å². The summed E-state index contributed by atoms with van der Waals surface area (Å²) < 4.78 is 0. The van der Waals surface area contributed by atoms with Crippen molar-refractivity contribution < 1.29 is 9.59 Å². The lowest BCUT2D eigenvalue weighted by molar-refractivity contribution is -0.137. The van der Waals surface area contributed by atoms with Crippen molar-refractivity contribution in [3.05, 3.63) is 29.3 Å². The number of nitrogens with zero attached hydrogens (tertiary/aromatic N) is 1. The Bertz CT molecular complexity index is 561. The van der Waals surface area contributed by atoms with Crippen molar-refractivity contribution in [1.29, 1.82) is 0 Å². The molecule has 1 fully saturated rings. The number of amides is 2. The van der Waals surface area contributed by atoms with Crippen molar-refractivity contribution >= 4 is 17.5 Å². The van der Waals surface area contributed by atoms with Crippen LogP contribution in [0, 0.1) is 0 Å². The molecule has 0 spiro atoms. The molecule has 4 heteroatoms. The molecule has 1 aromatic rings. The Kier molecular flexibility index (Phi) is 6.83. The standard InChI is InChI=1S/C20H30N2O2/c1-4-15-10-9-11-16(5-2)20(15)21-18(23)14-19(24)22-13-8-7-12-17(22)6-3/h9-11,17H,4-8,12-14H2,1-3H3,(H,21,23). The van der Waals surface area contributed by atoms with E-state index in [9.17, 15) is 9.59 Å². The van der Waals surface area contributed by atoms with Gasteiger partial charge in [-0.1, -0.05) is 39.0 Å². The lowest BCUT2D eigenvalue weighted by atomic mass is 9.99. The Balaban J connectivity index is 2.04. The molecule has 24 heavy (non-hydrogen) atoms. The number of nitrogens with one attached hydrogen (secondary N) is 1. The highest BCUT2D eigenvalue weighted by molar-refractivity contribution is 6.04. The van der Waals surface area contributed by atoms with E-state index in [0.29, 0.717) is 6.04 Å². The van der Waals surface area contributed by atoms with Crippen molar-refractivity contribution in [2.24, 2.45) is 0 Å². The Morgan fingerprint density at radius 1 is 1.12 bits per heavy atom. The molecule has 1 unspecified atom stereocenters. The Labute approximate surface area is 145 Å². The van der Waals surface area contributed by atoms with Gasteiger partial charge in [-0.05, 0) is 49.7 Å². The number of rotatable bonds is 6. The van der Waals surface area contributed by atoms with E-state index in [1.807, 2.05) is 23.1 Å². The number of para-hydroxylation sites is 1. The van der Waals surface area contributed by atoms with Crippen LogP contribution in [0.4, 0.5) is 5.69 Å². The summed E-state index contributed by atoms with van der Waals surface area (Å²) in [5, 5.41) is 3.00. The maximum absolute atomic E-state index is 12.5. The minimum absolute atomic E-state index is 0.0360. The summed E-state index contributed by atoms with van der Waals surface area (Å²) in [4.78, 5) is 26.9. The van der Waals surface area contributed by atoms with E-state index >= 15 is 0 Å². The highest BCUT2D eigenvalue weighted by Crippen LogP contribution is 2.24. The van der Waals surface area contributed by atoms with Crippen LogP contribution >= 0.6 is 0 Å². The Morgan fingerprint density at radius 3 is 2.38 bits per heavy atom. The summed E-state index contributed by atoms with van der Waals surface area (Å²) in [6.45, 7) is 7.06. The number of hydrogen-bond acceptors (Lipinski definition) is 2. The molecule has 0 aromatic heterocycles. The van der Waals surface area contributed by atoms with Gasteiger partial charge < -0.3 is 10.2 Å². The third-order valence-electron chi connectivity index (χ3n) is 4.99. The molecule has 1 heterocycles. The van der Waals surface area contributed by atoms with Crippen LogP contribution < -0.4 is 5.32 Å². The van der Waals surface area contributed by atoms with E-state index in [1.54, 1.807) is 0 Å². The quantitative estimate of drug-likeness (QED) is 0.803. The lowest BCUT2D eigenvalue weighted by Gasteiger charge is -2.35. The fourth-order valence-corrected chi connectivity index (χ4v) is 3.58. The topological polar surface area (TPSA) is 49.4 Å². The van der Waals surface area contributed by atoms with Crippen LogP contribution in [0.15, 0.2) is 18.2 Å². The third kappa shape index (κ3) is 4.37. The van der Waals surface area contributed by atoms with Gasteiger partial charge in [0.1, 0.15) is 6.42 Å². The van der Waals surface area contributed by atoms with Crippen molar-refractivity contribution in [1.82, 2.24) is 4.90 Å². The highest BCUT2D eigenvalue weighted by atomic mass is 16.2. The molecule has 2 amide bonds. The Morgan fingerprint density at radius 2 is 1.79 bits per heavy atom. The summed E-state index contributed by atoms with van der Waals surface area (Å²) >= 11 is 0. The van der Waals surface area contributed by atoms with Crippen LogP contribution in [0.5, 0.6) is 0 Å². The van der Waals surface area contributed by atoms with Gasteiger partial charge in [0.25, 0.3) is 0 Å². The molecule has 1 atom stereocenters. The van der Waals surface area contributed by atoms with Crippen molar-refractivity contribution in [3.63, 3.8) is 0 Å². The van der Waals surface area contributed by atoms with Crippen LogP contribution in [0.2, 0.25) is 0 Å². The molecule has 132 valence electrons. The third-order valence-corrected chi connectivity index (χ3v) is 4.99.